The van der Waals surface area contributed by atoms with Crippen LogP contribution >= 0.6 is 0 Å². The second-order valence-corrected chi connectivity index (χ2v) is 7.33. The Hall–Kier alpha value is -2.77. The van der Waals surface area contributed by atoms with E-state index in [0.29, 0.717) is 38.4 Å². The lowest BCUT2D eigenvalue weighted by Crippen LogP contribution is -2.51. The maximum absolute atomic E-state index is 14.0. The Morgan fingerprint density at radius 3 is 2.63 bits per heavy atom. The summed E-state index contributed by atoms with van der Waals surface area (Å²) in [6.45, 7) is 4.09. The molecule has 1 aliphatic rings. The fraction of sp³-hybridized carbons (Fsp3) is 0.391. The van der Waals surface area contributed by atoms with Gasteiger partial charge in [-0.1, -0.05) is 29.8 Å². The standard InChI is InChI=1S/C23H27FN2O4/c1-17-7-9-18(10-8-17)22(27)25(11-13-29-2)15-19-16-26(12-14-30-19)23(28)20-5-3-4-6-21(20)24/h3-10,19H,11-16H2,1-2H3. The SMILES string of the molecule is COCCN(CC1CN(C(=O)c2ccccc2F)CCO1)C(=O)c1ccc(C)cc1. The molecular weight excluding hydrogens is 387 g/mol. The lowest BCUT2D eigenvalue weighted by Gasteiger charge is -2.36. The van der Waals surface area contributed by atoms with E-state index in [1.807, 2.05) is 19.1 Å². The maximum atomic E-state index is 14.0. The number of carbonyl (C=O) groups excluding carboxylic acids is 2. The van der Waals surface area contributed by atoms with Crippen molar-refractivity contribution < 1.29 is 23.5 Å². The Morgan fingerprint density at radius 2 is 1.93 bits per heavy atom. The third-order valence-electron chi connectivity index (χ3n) is 5.11. The van der Waals surface area contributed by atoms with Crippen molar-refractivity contribution >= 4 is 11.8 Å². The molecule has 30 heavy (non-hydrogen) atoms. The molecule has 6 nitrogen and oxygen atoms in total. The number of nitrogens with zero attached hydrogens (tertiary/aromatic N) is 2. The van der Waals surface area contributed by atoms with Crippen molar-refractivity contribution in [3.63, 3.8) is 0 Å². The number of halogens is 1. The summed E-state index contributed by atoms with van der Waals surface area (Å²) in [5.41, 5.74) is 1.71. The summed E-state index contributed by atoms with van der Waals surface area (Å²) < 4.78 is 25.0. The highest BCUT2D eigenvalue weighted by Gasteiger charge is 2.29. The van der Waals surface area contributed by atoms with E-state index in [1.54, 1.807) is 41.2 Å². The van der Waals surface area contributed by atoms with Crippen LogP contribution in [0.1, 0.15) is 26.3 Å². The first kappa shape index (κ1) is 21.9. The van der Waals surface area contributed by atoms with Crippen LogP contribution in [0.25, 0.3) is 0 Å². The second-order valence-electron chi connectivity index (χ2n) is 7.33. The predicted octanol–water partition coefficient (Wildman–Crippen LogP) is 2.76. The van der Waals surface area contributed by atoms with E-state index in [4.69, 9.17) is 9.47 Å². The number of rotatable bonds is 7. The largest absolute Gasteiger partial charge is 0.383 e. The van der Waals surface area contributed by atoms with Crippen LogP contribution in [0.3, 0.4) is 0 Å². The zero-order valence-electron chi connectivity index (χ0n) is 17.3. The number of ether oxygens (including phenoxy) is 2. The van der Waals surface area contributed by atoms with Gasteiger partial charge in [0, 0.05) is 38.9 Å². The summed E-state index contributed by atoms with van der Waals surface area (Å²) in [4.78, 5) is 29.0. The molecule has 0 radical (unpaired) electrons. The number of amides is 2. The third-order valence-corrected chi connectivity index (χ3v) is 5.11. The molecular formula is C23H27FN2O4. The van der Waals surface area contributed by atoms with Gasteiger partial charge < -0.3 is 19.3 Å². The first-order valence-electron chi connectivity index (χ1n) is 10.00. The highest BCUT2D eigenvalue weighted by molar-refractivity contribution is 5.95. The van der Waals surface area contributed by atoms with Crippen molar-refractivity contribution in [2.75, 3.05) is 46.5 Å². The summed E-state index contributed by atoms with van der Waals surface area (Å²) >= 11 is 0. The van der Waals surface area contributed by atoms with E-state index < -0.39 is 5.82 Å². The molecule has 0 bridgehead atoms. The van der Waals surface area contributed by atoms with Gasteiger partial charge in [0.15, 0.2) is 0 Å². The molecule has 0 aliphatic carbocycles. The van der Waals surface area contributed by atoms with Crippen molar-refractivity contribution in [1.82, 2.24) is 9.80 Å². The highest BCUT2D eigenvalue weighted by atomic mass is 19.1. The topological polar surface area (TPSA) is 59.1 Å². The average Bonchev–Trinajstić information content (AvgIpc) is 2.77. The molecule has 0 saturated carbocycles. The summed E-state index contributed by atoms with van der Waals surface area (Å²) in [6, 6.07) is 13.3. The average molecular weight is 414 g/mol. The quantitative estimate of drug-likeness (QED) is 0.699. The smallest absolute Gasteiger partial charge is 0.256 e. The number of carbonyl (C=O) groups is 2. The Bertz CT molecular complexity index is 872. The van der Waals surface area contributed by atoms with E-state index in [-0.39, 0.29) is 30.0 Å². The fourth-order valence-electron chi connectivity index (χ4n) is 3.42. The predicted molar refractivity (Wildman–Crippen MR) is 111 cm³/mol. The van der Waals surface area contributed by atoms with E-state index in [1.165, 1.54) is 12.1 Å². The zero-order valence-corrected chi connectivity index (χ0v) is 17.3. The first-order valence-corrected chi connectivity index (χ1v) is 10.00. The lowest BCUT2D eigenvalue weighted by atomic mass is 10.1. The van der Waals surface area contributed by atoms with Crippen LogP contribution in [-0.4, -0.2) is 74.2 Å². The molecule has 7 heteroatoms. The van der Waals surface area contributed by atoms with E-state index in [0.717, 1.165) is 5.56 Å². The molecule has 1 unspecified atom stereocenters. The number of hydrogen-bond donors (Lipinski definition) is 0. The van der Waals surface area contributed by atoms with Crippen molar-refractivity contribution in [3.8, 4) is 0 Å². The van der Waals surface area contributed by atoms with Gasteiger partial charge in [0.1, 0.15) is 5.82 Å². The fourth-order valence-corrected chi connectivity index (χ4v) is 3.42. The van der Waals surface area contributed by atoms with Crippen molar-refractivity contribution in [2.24, 2.45) is 0 Å². The van der Waals surface area contributed by atoms with E-state index in [2.05, 4.69) is 0 Å². The monoisotopic (exact) mass is 414 g/mol. The van der Waals surface area contributed by atoms with Gasteiger partial charge in [-0.15, -0.1) is 0 Å². The normalized spacial score (nSPS) is 16.4. The molecule has 1 saturated heterocycles. The van der Waals surface area contributed by atoms with E-state index >= 15 is 0 Å². The van der Waals surface area contributed by atoms with Gasteiger partial charge in [0.05, 0.1) is 24.9 Å². The van der Waals surface area contributed by atoms with Crippen LogP contribution in [-0.2, 0) is 9.47 Å². The summed E-state index contributed by atoms with van der Waals surface area (Å²) in [7, 11) is 1.58. The molecule has 160 valence electrons. The summed E-state index contributed by atoms with van der Waals surface area (Å²) in [5, 5.41) is 0. The van der Waals surface area contributed by atoms with Crippen LogP contribution in [0, 0.1) is 12.7 Å². The lowest BCUT2D eigenvalue weighted by molar-refractivity contribution is -0.0348. The van der Waals surface area contributed by atoms with Crippen molar-refractivity contribution in [2.45, 2.75) is 13.0 Å². The number of benzene rings is 2. The molecule has 1 fully saturated rings. The van der Waals surface area contributed by atoms with Crippen LogP contribution < -0.4 is 0 Å². The minimum atomic E-state index is -0.540. The number of hydrogen-bond acceptors (Lipinski definition) is 4. The first-order chi connectivity index (χ1) is 14.5. The van der Waals surface area contributed by atoms with Crippen LogP contribution in [0.15, 0.2) is 48.5 Å². The van der Waals surface area contributed by atoms with Gasteiger partial charge in [-0.2, -0.15) is 0 Å². The van der Waals surface area contributed by atoms with Gasteiger partial charge in [-0.25, -0.2) is 4.39 Å². The maximum Gasteiger partial charge on any atom is 0.256 e. The molecule has 0 aromatic heterocycles. The van der Waals surface area contributed by atoms with Gasteiger partial charge in [0.2, 0.25) is 0 Å². The van der Waals surface area contributed by atoms with Crippen LogP contribution in [0.2, 0.25) is 0 Å². The van der Waals surface area contributed by atoms with Crippen LogP contribution in [0.4, 0.5) is 4.39 Å². The molecule has 1 aliphatic heterocycles. The minimum absolute atomic E-state index is 0.0464. The van der Waals surface area contributed by atoms with Gasteiger partial charge in [0.25, 0.3) is 11.8 Å². The Morgan fingerprint density at radius 1 is 1.20 bits per heavy atom. The van der Waals surface area contributed by atoms with Gasteiger partial charge in [-0.05, 0) is 31.2 Å². The second kappa shape index (κ2) is 10.3. The number of morpholine rings is 1. The molecule has 2 aromatic carbocycles. The molecule has 2 amide bonds. The molecule has 3 rings (SSSR count). The van der Waals surface area contributed by atoms with Crippen LogP contribution in [0.5, 0.6) is 0 Å². The van der Waals surface area contributed by atoms with E-state index in [9.17, 15) is 14.0 Å². The summed E-state index contributed by atoms with van der Waals surface area (Å²) in [6.07, 6.45) is -0.360. The minimum Gasteiger partial charge on any atom is -0.383 e. The zero-order chi connectivity index (χ0) is 21.5. The number of methoxy groups -OCH3 is 1. The van der Waals surface area contributed by atoms with Gasteiger partial charge >= 0.3 is 0 Å². The Balaban J connectivity index is 1.69. The van der Waals surface area contributed by atoms with Crippen molar-refractivity contribution in [1.29, 1.82) is 0 Å². The van der Waals surface area contributed by atoms with Crippen molar-refractivity contribution in [3.05, 3.63) is 71.0 Å². The molecule has 0 spiro atoms. The van der Waals surface area contributed by atoms with Gasteiger partial charge in [-0.3, -0.25) is 9.59 Å². The molecule has 2 aromatic rings. The molecule has 1 atom stereocenters. The summed E-state index contributed by atoms with van der Waals surface area (Å²) in [5.74, 6) is -1.02. The number of aryl methyl sites for hydroxylation is 1. The molecule has 1 heterocycles. The Labute approximate surface area is 176 Å². The Kier molecular flexibility index (Phi) is 7.54. The third kappa shape index (κ3) is 5.43. The molecule has 0 N–H and O–H groups in total. The highest BCUT2D eigenvalue weighted by Crippen LogP contribution is 2.15.